The molecule has 0 unspecified atom stereocenters. The minimum Gasteiger partial charge on any atom is -0.352 e. The predicted octanol–water partition coefficient (Wildman–Crippen LogP) is 2.22. The molecule has 0 spiro atoms. The summed E-state index contributed by atoms with van der Waals surface area (Å²) in [6.45, 7) is 1.28. The molecule has 1 aromatic heterocycles. The van der Waals surface area contributed by atoms with E-state index in [2.05, 4.69) is 15.2 Å². The second-order valence-corrected chi connectivity index (χ2v) is 6.85. The Bertz CT molecular complexity index is 487. The Morgan fingerprint density at radius 3 is 2.59 bits per heavy atom. The molecule has 0 atom stereocenters. The van der Waals surface area contributed by atoms with Crippen LogP contribution in [0.25, 0.3) is 0 Å². The number of aromatic nitrogens is 2. The molecule has 1 N–H and O–H groups in total. The van der Waals surface area contributed by atoms with Gasteiger partial charge in [0, 0.05) is 31.5 Å². The lowest BCUT2D eigenvalue weighted by atomic mass is 10.1. The van der Waals surface area contributed by atoms with E-state index >= 15 is 0 Å². The molecule has 2 saturated carbocycles. The van der Waals surface area contributed by atoms with Crippen LogP contribution in [0.5, 0.6) is 0 Å². The summed E-state index contributed by atoms with van der Waals surface area (Å²) in [5.41, 5.74) is 0. The molecule has 2 fully saturated rings. The molecule has 0 bridgehead atoms. The van der Waals surface area contributed by atoms with Gasteiger partial charge in [0.25, 0.3) is 0 Å². The first kappa shape index (κ1) is 15.5. The van der Waals surface area contributed by atoms with Crippen molar-refractivity contribution in [2.24, 2.45) is 7.05 Å². The van der Waals surface area contributed by atoms with Crippen molar-refractivity contribution < 1.29 is 4.79 Å². The Balaban J connectivity index is 1.52. The Hall–Kier alpha value is -1.36. The van der Waals surface area contributed by atoms with Crippen LogP contribution in [-0.2, 0) is 18.4 Å². The molecule has 0 aliphatic heterocycles. The van der Waals surface area contributed by atoms with Crippen molar-refractivity contribution >= 4 is 5.91 Å². The van der Waals surface area contributed by atoms with Crippen molar-refractivity contribution in [3.05, 3.63) is 18.2 Å². The molecule has 1 heterocycles. The van der Waals surface area contributed by atoms with E-state index < -0.39 is 0 Å². The molecule has 0 aromatic carbocycles. The maximum atomic E-state index is 12.4. The third kappa shape index (κ3) is 4.32. The average Bonchev–Trinajstić information content (AvgIpc) is 3.28. The summed E-state index contributed by atoms with van der Waals surface area (Å²) in [5.74, 6) is 1.22. The monoisotopic (exact) mass is 304 g/mol. The van der Waals surface area contributed by atoms with E-state index in [4.69, 9.17) is 0 Å². The highest BCUT2D eigenvalue weighted by atomic mass is 16.2. The third-order valence-corrected chi connectivity index (χ3v) is 4.90. The molecule has 2 aliphatic carbocycles. The fourth-order valence-electron chi connectivity index (χ4n) is 3.37. The highest BCUT2D eigenvalue weighted by molar-refractivity contribution is 5.78. The van der Waals surface area contributed by atoms with Crippen molar-refractivity contribution in [1.82, 2.24) is 19.8 Å². The zero-order chi connectivity index (χ0) is 15.4. The zero-order valence-electron chi connectivity index (χ0n) is 13.6. The molecule has 5 nitrogen and oxygen atoms in total. The molecule has 22 heavy (non-hydrogen) atoms. The Morgan fingerprint density at radius 2 is 2.00 bits per heavy atom. The summed E-state index contributed by atoms with van der Waals surface area (Å²) in [7, 11) is 2.01. The SMILES string of the molecule is Cn1ccnc1CN(CC(=O)NC1CCCCCC1)C1CC1. The maximum absolute atomic E-state index is 12.4. The van der Waals surface area contributed by atoms with Gasteiger partial charge in [0.15, 0.2) is 0 Å². The number of carbonyl (C=O) groups excluding carboxylic acids is 1. The summed E-state index contributed by atoms with van der Waals surface area (Å²) >= 11 is 0. The highest BCUT2D eigenvalue weighted by Gasteiger charge is 2.31. The van der Waals surface area contributed by atoms with E-state index in [1.54, 1.807) is 0 Å². The van der Waals surface area contributed by atoms with E-state index in [9.17, 15) is 4.79 Å². The first-order valence-electron chi connectivity index (χ1n) is 8.72. The molecule has 5 heteroatoms. The van der Waals surface area contributed by atoms with Crippen molar-refractivity contribution in [3.8, 4) is 0 Å². The smallest absolute Gasteiger partial charge is 0.234 e. The lowest BCUT2D eigenvalue weighted by Gasteiger charge is -2.23. The molecular weight excluding hydrogens is 276 g/mol. The molecular formula is C17H28N4O. The topological polar surface area (TPSA) is 50.2 Å². The number of hydrogen-bond donors (Lipinski definition) is 1. The Kier molecular flexibility index (Phi) is 5.13. The minimum absolute atomic E-state index is 0.188. The fourth-order valence-corrected chi connectivity index (χ4v) is 3.37. The van der Waals surface area contributed by atoms with Gasteiger partial charge in [0.2, 0.25) is 5.91 Å². The van der Waals surface area contributed by atoms with Crippen LogP contribution in [0.3, 0.4) is 0 Å². The number of rotatable bonds is 6. The van der Waals surface area contributed by atoms with Gasteiger partial charge in [-0.25, -0.2) is 4.98 Å². The van der Waals surface area contributed by atoms with Crippen LogP contribution >= 0.6 is 0 Å². The lowest BCUT2D eigenvalue weighted by Crippen LogP contribution is -2.42. The minimum atomic E-state index is 0.188. The van der Waals surface area contributed by atoms with E-state index in [1.165, 1.54) is 38.5 Å². The first-order chi connectivity index (χ1) is 10.7. The van der Waals surface area contributed by atoms with Crippen molar-refractivity contribution in [1.29, 1.82) is 0 Å². The van der Waals surface area contributed by atoms with Crippen molar-refractivity contribution in [2.75, 3.05) is 6.54 Å². The van der Waals surface area contributed by atoms with Crippen LogP contribution < -0.4 is 5.32 Å². The van der Waals surface area contributed by atoms with Crippen LogP contribution in [0.15, 0.2) is 12.4 Å². The van der Waals surface area contributed by atoms with Crippen molar-refractivity contribution in [2.45, 2.75) is 70.0 Å². The number of imidazole rings is 1. The van der Waals surface area contributed by atoms with E-state index in [1.807, 2.05) is 24.0 Å². The summed E-state index contributed by atoms with van der Waals surface area (Å²) < 4.78 is 2.04. The normalized spacial score (nSPS) is 20.1. The number of amides is 1. The number of nitrogens with one attached hydrogen (secondary N) is 1. The molecule has 122 valence electrons. The predicted molar refractivity (Wildman–Crippen MR) is 86.3 cm³/mol. The van der Waals surface area contributed by atoms with E-state index in [0.29, 0.717) is 18.6 Å². The van der Waals surface area contributed by atoms with Gasteiger partial charge in [-0.1, -0.05) is 25.7 Å². The highest BCUT2D eigenvalue weighted by Crippen LogP contribution is 2.27. The molecule has 0 saturated heterocycles. The molecule has 0 radical (unpaired) electrons. The van der Waals surface area contributed by atoms with Gasteiger partial charge in [0.1, 0.15) is 5.82 Å². The van der Waals surface area contributed by atoms with Crippen LogP contribution in [0.2, 0.25) is 0 Å². The molecule has 1 amide bonds. The van der Waals surface area contributed by atoms with Gasteiger partial charge in [-0.3, -0.25) is 9.69 Å². The summed E-state index contributed by atoms with van der Waals surface area (Å²) in [4.78, 5) is 19.1. The zero-order valence-corrected chi connectivity index (χ0v) is 13.6. The average molecular weight is 304 g/mol. The largest absolute Gasteiger partial charge is 0.352 e. The quantitative estimate of drug-likeness (QED) is 0.820. The van der Waals surface area contributed by atoms with Gasteiger partial charge in [-0.05, 0) is 25.7 Å². The maximum Gasteiger partial charge on any atom is 0.234 e. The summed E-state index contributed by atoms with van der Waals surface area (Å²) in [6, 6.07) is 0.959. The molecule has 1 aromatic rings. The number of aryl methyl sites for hydroxylation is 1. The standard InChI is InChI=1S/C17H28N4O/c1-20-11-10-18-16(20)12-21(15-8-9-15)13-17(22)19-14-6-4-2-3-5-7-14/h10-11,14-15H,2-9,12-13H2,1H3,(H,19,22). The van der Waals surface area contributed by atoms with Gasteiger partial charge < -0.3 is 9.88 Å². The van der Waals surface area contributed by atoms with Gasteiger partial charge in [0.05, 0.1) is 13.1 Å². The van der Waals surface area contributed by atoms with Crippen LogP contribution in [0.4, 0.5) is 0 Å². The van der Waals surface area contributed by atoms with Crippen LogP contribution in [-0.4, -0.2) is 39.0 Å². The first-order valence-corrected chi connectivity index (χ1v) is 8.72. The Morgan fingerprint density at radius 1 is 1.27 bits per heavy atom. The number of carbonyl (C=O) groups is 1. The summed E-state index contributed by atoms with van der Waals surface area (Å²) in [5, 5.41) is 3.26. The number of nitrogens with zero attached hydrogens (tertiary/aromatic N) is 3. The third-order valence-electron chi connectivity index (χ3n) is 4.90. The van der Waals surface area contributed by atoms with Gasteiger partial charge in [-0.2, -0.15) is 0 Å². The van der Waals surface area contributed by atoms with Gasteiger partial charge >= 0.3 is 0 Å². The van der Waals surface area contributed by atoms with Crippen LogP contribution in [0, 0.1) is 0 Å². The lowest BCUT2D eigenvalue weighted by molar-refractivity contribution is -0.123. The fraction of sp³-hybridized carbons (Fsp3) is 0.765. The van der Waals surface area contributed by atoms with Crippen LogP contribution in [0.1, 0.15) is 57.2 Å². The second kappa shape index (κ2) is 7.27. The molecule has 3 rings (SSSR count). The van der Waals surface area contributed by atoms with Crippen molar-refractivity contribution in [3.63, 3.8) is 0 Å². The number of hydrogen-bond acceptors (Lipinski definition) is 3. The Labute approximate surface area is 133 Å². The molecule has 2 aliphatic rings. The van der Waals surface area contributed by atoms with E-state index in [0.717, 1.165) is 25.2 Å². The van der Waals surface area contributed by atoms with Gasteiger partial charge in [-0.15, -0.1) is 0 Å². The van der Waals surface area contributed by atoms with E-state index in [-0.39, 0.29) is 5.91 Å². The summed E-state index contributed by atoms with van der Waals surface area (Å²) in [6.07, 6.45) is 13.7. The second-order valence-electron chi connectivity index (χ2n) is 6.85.